The molecule has 1 unspecified atom stereocenters. The molecule has 1 atom stereocenters. The summed E-state index contributed by atoms with van der Waals surface area (Å²) in [5, 5.41) is 5.80. The van der Waals surface area contributed by atoms with Crippen molar-refractivity contribution in [2.75, 3.05) is 6.54 Å². The zero-order chi connectivity index (χ0) is 13.4. The van der Waals surface area contributed by atoms with Gasteiger partial charge < -0.3 is 0 Å². The lowest BCUT2D eigenvalue weighted by atomic mass is 9.95. The average molecular weight is 255 g/mol. The quantitative estimate of drug-likeness (QED) is 0.802. The summed E-state index contributed by atoms with van der Waals surface area (Å²) < 4.78 is 2.03. The number of fused-ring (bicyclic) bond motifs is 1. The van der Waals surface area contributed by atoms with Crippen molar-refractivity contribution in [1.82, 2.24) is 9.78 Å². The molecule has 1 aromatic heterocycles. The standard InChI is InChI=1S/C16H21N3/c1-11(2)19-10-14-8-13(5-7-16(14)18-19)15-6-4-12(3)9-17-15/h5,7-8,10-12H,4,6,9H2,1-3H3. The van der Waals surface area contributed by atoms with Crippen LogP contribution >= 0.6 is 0 Å². The van der Waals surface area contributed by atoms with E-state index in [0.29, 0.717) is 6.04 Å². The zero-order valence-electron chi connectivity index (χ0n) is 11.9. The number of benzene rings is 1. The van der Waals surface area contributed by atoms with Crippen LogP contribution in [0.5, 0.6) is 0 Å². The van der Waals surface area contributed by atoms with Gasteiger partial charge in [0.25, 0.3) is 0 Å². The van der Waals surface area contributed by atoms with Gasteiger partial charge in [-0.15, -0.1) is 0 Å². The van der Waals surface area contributed by atoms with Gasteiger partial charge in [0.2, 0.25) is 0 Å². The lowest BCUT2D eigenvalue weighted by molar-refractivity contribution is 0.537. The average Bonchev–Trinajstić information content (AvgIpc) is 2.82. The molecule has 1 aliphatic heterocycles. The Morgan fingerprint density at radius 3 is 2.84 bits per heavy atom. The number of aliphatic imine (C=N–C) groups is 1. The van der Waals surface area contributed by atoms with E-state index >= 15 is 0 Å². The molecule has 0 bridgehead atoms. The van der Waals surface area contributed by atoms with E-state index in [9.17, 15) is 0 Å². The van der Waals surface area contributed by atoms with Crippen LogP contribution in [0.4, 0.5) is 0 Å². The number of rotatable bonds is 2. The number of hydrogen-bond acceptors (Lipinski definition) is 2. The molecule has 1 aromatic carbocycles. The summed E-state index contributed by atoms with van der Waals surface area (Å²) in [5.41, 5.74) is 3.60. The molecule has 0 saturated heterocycles. The first-order chi connectivity index (χ1) is 9.13. The Balaban J connectivity index is 1.97. The molecule has 19 heavy (non-hydrogen) atoms. The number of hydrogen-bond donors (Lipinski definition) is 0. The third-order valence-electron chi connectivity index (χ3n) is 3.85. The van der Waals surface area contributed by atoms with Crippen molar-refractivity contribution in [2.24, 2.45) is 10.9 Å². The van der Waals surface area contributed by atoms with Gasteiger partial charge >= 0.3 is 0 Å². The molecule has 3 rings (SSSR count). The normalized spacial score (nSPS) is 20.0. The van der Waals surface area contributed by atoms with Gasteiger partial charge in [0.15, 0.2) is 0 Å². The largest absolute Gasteiger partial charge is 0.289 e. The molecule has 0 radical (unpaired) electrons. The summed E-state index contributed by atoms with van der Waals surface area (Å²) in [6.45, 7) is 7.55. The minimum absolute atomic E-state index is 0.406. The molecule has 3 heteroatoms. The molecule has 0 amide bonds. The summed E-state index contributed by atoms with van der Waals surface area (Å²) in [5.74, 6) is 0.733. The Hall–Kier alpha value is -1.64. The maximum absolute atomic E-state index is 4.72. The third kappa shape index (κ3) is 2.42. The Morgan fingerprint density at radius 1 is 1.32 bits per heavy atom. The fraction of sp³-hybridized carbons (Fsp3) is 0.500. The van der Waals surface area contributed by atoms with Crippen molar-refractivity contribution in [3.8, 4) is 0 Å². The molecule has 100 valence electrons. The second-order valence-electron chi connectivity index (χ2n) is 5.91. The predicted molar refractivity (Wildman–Crippen MR) is 79.9 cm³/mol. The summed E-state index contributed by atoms with van der Waals surface area (Å²) in [6.07, 6.45) is 4.49. The van der Waals surface area contributed by atoms with Gasteiger partial charge in [-0.05, 0) is 50.3 Å². The van der Waals surface area contributed by atoms with Crippen molar-refractivity contribution in [3.63, 3.8) is 0 Å². The van der Waals surface area contributed by atoms with Crippen LogP contribution in [-0.2, 0) is 0 Å². The maximum atomic E-state index is 4.72. The maximum Gasteiger partial charge on any atom is 0.0923 e. The summed E-state index contributed by atoms with van der Waals surface area (Å²) in [6, 6.07) is 6.92. The van der Waals surface area contributed by atoms with Crippen LogP contribution in [0, 0.1) is 5.92 Å². The summed E-state index contributed by atoms with van der Waals surface area (Å²) >= 11 is 0. The van der Waals surface area contributed by atoms with Crippen LogP contribution < -0.4 is 0 Å². The lowest BCUT2D eigenvalue weighted by Gasteiger charge is -2.17. The van der Waals surface area contributed by atoms with E-state index in [4.69, 9.17) is 4.99 Å². The molecule has 0 fully saturated rings. The fourth-order valence-electron chi connectivity index (χ4n) is 2.54. The van der Waals surface area contributed by atoms with Gasteiger partial charge in [-0.2, -0.15) is 5.10 Å². The van der Waals surface area contributed by atoms with E-state index in [1.54, 1.807) is 0 Å². The SMILES string of the molecule is CC1CCC(c2ccc3nn(C(C)C)cc3c2)=NC1. The first kappa shape index (κ1) is 12.4. The van der Waals surface area contributed by atoms with Gasteiger partial charge in [0.05, 0.1) is 5.52 Å². The molecule has 2 aromatic rings. The van der Waals surface area contributed by atoms with E-state index in [1.807, 2.05) is 4.68 Å². The fourth-order valence-corrected chi connectivity index (χ4v) is 2.54. The molecule has 0 aliphatic carbocycles. The zero-order valence-corrected chi connectivity index (χ0v) is 11.9. The van der Waals surface area contributed by atoms with Crippen molar-refractivity contribution in [2.45, 2.75) is 39.7 Å². The summed E-state index contributed by atoms with van der Waals surface area (Å²) in [4.78, 5) is 4.72. The predicted octanol–water partition coefficient (Wildman–Crippen LogP) is 3.84. The smallest absolute Gasteiger partial charge is 0.0923 e. The van der Waals surface area contributed by atoms with E-state index < -0.39 is 0 Å². The molecule has 3 nitrogen and oxygen atoms in total. The first-order valence-corrected chi connectivity index (χ1v) is 7.16. The van der Waals surface area contributed by atoms with Gasteiger partial charge in [0.1, 0.15) is 0 Å². The minimum atomic E-state index is 0.406. The Kier molecular flexibility index (Phi) is 3.13. The highest BCUT2D eigenvalue weighted by molar-refractivity contribution is 6.03. The highest BCUT2D eigenvalue weighted by Gasteiger charge is 2.14. The molecular weight excluding hydrogens is 234 g/mol. The topological polar surface area (TPSA) is 30.2 Å². The molecule has 1 aliphatic rings. The lowest BCUT2D eigenvalue weighted by Crippen LogP contribution is -2.14. The minimum Gasteiger partial charge on any atom is -0.289 e. The molecule has 2 heterocycles. The van der Waals surface area contributed by atoms with Gasteiger partial charge in [-0.1, -0.05) is 13.0 Å². The van der Waals surface area contributed by atoms with Gasteiger partial charge in [-0.25, -0.2) is 0 Å². The molecule has 0 N–H and O–H groups in total. The van der Waals surface area contributed by atoms with Crippen LogP contribution in [-0.4, -0.2) is 22.0 Å². The first-order valence-electron chi connectivity index (χ1n) is 7.16. The van der Waals surface area contributed by atoms with Gasteiger partial charge in [0, 0.05) is 29.9 Å². The second-order valence-corrected chi connectivity index (χ2v) is 5.91. The van der Waals surface area contributed by atoms with Gasteiger partial charge in [-0.3, -0.25) is 9.67 Å². The van der Waals surface area contributed by atoms with Crippen LogP contribution in [0.15, 0.2) is 29.4 Å². The molecule has 0 saturated carbocycles. The van der Waals surface area contributed by atoms with E-state index in [1.165, 1.54) is 23.1 Å². The molecular formula is C16H21N3. The Morgan fingerprint density at radius 2 is 2.16 bits per heavy atom. The van der Waals surface area contributed by atoms with Crippen LogP contribution in [0.25, 0.3) is 10.9 Å². The van der Waals surface area contributed by atoms with Crippen molar-refractivity contribution >= 4 is 16.6 Å². The monoisotopic (exact) mass is 255 g/mol. The molecule has 0 spiro atoms. The van der Waals surface area contributed by atoms with E-state index in [0.717, 1.165) is 24.4 Å². The van der Waals surface area contributed by atoms with E-state index in [-0.39, 0.29) is 0 Å². The summed E-state index contributed by atoms with van der Waals surface area (Å²) in [7, 11) is 0. The Bertz CT molecular complexity index is 622. The highest BCUT2D eigenvalue weighted by atomic mass is 15.3. The van der Waals surface area contributed by atoms with Crippen molar-refractivity contribution in [3.05, 3.63) is 30.0 Å². The van der Waals surface area contributed by atoms with Crippen LogP contribution in [0.1, 0.15) is 45.2 Å². The second kappa shape index (κ2) is 4.80. The van der Waals surface area contributed by atoms with E-state index in [2.05, 4.69) is 50.3 Å². The highest BCUT2D eigenvalue weighted by Crippen LogP contribution is 2.22. The third-order valence-corrected chi connectivity index (χ3v) is 3.85. The van der Waals surface area contributed by atoms with Crippen molar-refractivity contribution < 1.29 is 0 Å². The number of nitrogens with zero attached hydrogens (tertiary/aromatic N) is 3. The van der Waals surface area contributed by atoms with Crippen LogP contribution in [0.2, 0.25) is 0 Å². The Labute approximate surface area is 114 Å². The van der Waals surface area contributed by atoms with Crippen LogP contribution in [0.3, 0.4) is 0 Å². The number of aromatic nitrogens is 2. The van der Waals surface area contributed by atoms with Crippen molar-refractivity contribution in [1.29, 1.82) is 0 Å².